The smallest absolute Gasteiger partial charge is 0.238 e. The molecule has 0 aromatic heterocycles. The fourth-order valence-corrected chi connectivity index (χ4v) is 2.31. The summed E-state index contributed by atoms with van der Waals surface area (Å²) in [6, 6.07) is 7.65. The van der Waals surface area contributed by atoms with E-state index in [1.165, 1.54) is 0 Å². The SMILES string of the molecule is CC1COC(CO)CN1CC(=O)Nc1ccc(CN)cc1. The number of aliphatic hydroxyl groups is 1. The molecule has 0 radical (unpaired) electrons. The van der Waals surface area contributed by atoms with E-state index in [-0.39, 0.29) is 24.7 Å². The molecule has 6 nitrogen and oxygen atoms in total. The number of carbonyl (C=O) groups is 1. The van der Waals surface area contributed by atoms with Crippen LogP contribution in [0.1, 0.15) is 12.5 Å². The number of amides is 1. The Kier molecular flexibility index (Phi) is 5.69. The molecule has 21 heavy (non-hydrogen) atoms. The van der Waals surface area contributed by atoms with E-state index in [4.69, 9.17) is 15.6 Å². The Morgan fingerprint density at radius 1 is 1.48 bits per heavy atom. The fourth-order valence-electron chi connectivity index (χ4n) is 2.31. The molecule has 1 amide bonds. The Bertz CT molecular complexity index is 464. The zero-order valence-electron chi connectivity index (χ0n) is 12.3. The molecule has 2 atom stereocenters. The molecule has 1 aliphatic heterocycles. The molecule has 2 unspecified atom stereocenters. The lowest BCUT2D eigenvalue weighted by molar-refractivity contribution is -0.122. The van der Waals surface area contributed by atoms with Gasteiger partial charge in [0, 0.05) is 24.8 Å². The first-order valence-corrected chi connectivity index (χ1v) is 7.17. The van der Waals surface area contributed by atoms with Gasteiger partial charge in [-0.25, -0.2) is 0 Å². The number of rotatable bonds is 5. The van der Waals surface area contributed by atoms with Crippen LogP contribution < -0.4 is 11.1 Å². The third-order valence-corrected chi connectivity index (χ3v) is 3.66. The van der Waals surface area contributed by atoms with Gasteiger partial charge in [0.25, 0.3) is 0 Å². The average Bonchev–Trinajstić information content (AvgIpc) is 2.50. The van der Waals surface area contributed by atoms with E-state index in [9.17, 15) is 4.79 Å². The Labute approximate surface area is 124 Å². The standard InChI is InChI=1S/C15H23N3O3/c1-11-10-21-14(9-19)7-18(11)8-15(20)17-13-4-2-12(6-16)3-5-13/h2-5,11,14,19H,6-10,16H2,1H3,(H,17,20). The van der Waals surface area contributed by atoms with E-state index >= 15 is 0 Å². The van der Waals surface area contributed by atoms with Crippen LogP contribution in [-0.2, 0) is 16.1 Å². The van der Waals surface area contributed by atoms with E-state index in [0.717, 1.165) is 11.3 Å². The maximum atomic E-state index is 12.1. The monoisotopic (exact) mass is 293 g/mol. The molecule has 116 valence electrons. The van der Waals surface area contributed by atoms with Gasteiger partial charge in [-0.2, -0.15) is 0 Å². The van der Waals surface area contributed by atoms with Gasteiger partial charge in [-0.05, 0) is 24.6 Å². The molecular weight excluding hydrogens is 270 g/mol. The lowest BCUT2D eigenvalue weighted by Crippen LogP contribution is -2.51. The minimum Gasteiger partial charge on any atom is -0.394 e. The van der Waals surface area contributed by atoms with Crippen molar-refractivity contribution in [3.8, 4) is 0 Å². The van der Waals surface area contributed by atoms with Crippen molar-refractivity contribution in [1.82, 2.24) is 4.90 Å². The zero-order valence-corrected chi connectivity index (χ0v) is 12.3. The molecule has 1 aromatic carbocycles. The predicted molar refractivity (Wildman–Crippen MR) is 80.8 cm³/mol. The molecule has 1 fully saturated rings. The fraction of sp³-hybridized carbons (Fsp3) is 0.533. The van der Waals surface area contributed by atoms with Crippen molar-refractivity contribution in [2.24, 2.45) is 5.73 Å². The molecule has 0 spiro atoms. The van der Waals surface area contributed by atoms with Crippen LogP contribution in [0.5, 0.6) is 0 Å². The quantitative estimate of drug-likeness (QED) is 0.720. The van der Waals surface area contributed by atoms with Gasteiger partial charge in [0.2, 0.25) is 5.91 Å². The summed E-state index contributed by atoms with van der Waals surface area (Å²) in [5.41, 5.74) is 7.33. The molecule has 1 aromatic rings. The Morgan fingerprint density at radius 3 is 2.81 bits per heavy atom. The second kappa shape index (κ2) is 7.51. The minimum atomic E-state index is -0.210. The molecule has 1 aliphatic rings. The van der Waals surface area contributed by atoms with Crippen molar-refractivity contribution < 1.29 is 14.6 Å². The summed E-state index contributed by atoms with van der Waals surface area (Å²) in [5, 5.41) is 12.0. The van der Waals surface area contributed by atoms with Crippen molar-refractivity contribution in [2.75, 3.05) is 31.6 Å². The first kappa shape index (κ1) is 15.9. The number of hydrogen-bond donors (Lipinski definition) is 3. The van der Waals surface area contributed by atoms with Crippen molar-refractivity contribution >= 4 is 11.6 Å². The number of nitrogens with one attached hydrogen (secondary N) is 1. The lowest BCUT2D eigenvalue weighted by Gasteiger charge is -2.36. The molecular formula is C15H23N3O3. The number of hydrogen-bond acceptors (Lipinski definition) is 5. The molecule has 0 saturated carbocycles. The number of morpholine rings is 1. The third kappa shape index (κ3) is 4.50. The van der Waals surface area contributed by atoms with Crippen LogP contribution in [-0.4, -0.2) is 54.4 Å². The highest BCUT2D eigenvalue weighted by molar-refractivity contribution is 5.92. The Balaban J connectivity index is 1.87. The highest BCUT2D eigenvalue weighted by atomic mass is 16.5. The highest BCUT2D eigenvalue weighted by Crippen LogP contribution is 2.13. The van der Waals surface area contributed by atoms with Crippen molar-refractivity contribution in [1.29, 1.82) is 0 Å². The normalized spacial score (nSPS) is 23.0. The van der Waals surface area contributed by atoms with Gasteiger partial charge in [-0.15, -0.1) is 0 Å². The number of anilines is 1. The van der Waals surface area contributed by atoms with Gasteiger partial charge in [0.1, 0.15) is 0 Å². The summed E-state index contributed by atoms with van der Waals surface area (Å²) in [6.45, 7) is 3.87. The van der Waals surface area contributed by atoms with Gasteiger partial charge in [-0.3, -0.25) is 9.69 Å². The predicted octanol–water partition coefficient (Wildman–Crippen LogP) is 0.165. The summed E-state index contributed by atoms with van der Waals surface area (Å²) in [5.74, 6) is -0.0686. The largest absolute Gasteiger partial charge is 0.394 e. The van der Waals surface area contributed by atoms with Crippen LogP contribution in [0.3, 0.4) is 0 Å². The summed E-state index contributed by atoms with van der Waals surface area (Å²) >= 11 is 0. The molecule has 0 aliphatic carbocycles. The summed E-state index contributed by atoms with van der Waals surface area (Å²) in [4.78, 5) is 14.1. The average molecular weight is 293 g/mol. The summed E-state index contributed by atoms with van der Waals surface area (Å²) < 4.78 is 5.46. The summed E-state index contributed by atoms with van der Waals surface area (Å²) in [6.07, 6.45) is -0.210. The Morgan fingerprint density at radius 2 is 2.19 bits per heavy atom. The van der Waals surface area contributed by atoms with Crippen molar-refractivity contribution in [3.05, 3.63) is 29.8 Å². The highest BCUT2D eigenvalue weighted by Gasteiger charge is 2.26. The number of aliphatic hydroxyl groups excluding tert-OH is 1. The van der Waals surface area contributed by atoms with Gasteiger partial charge in [0.05, 0.1) is 25.9 Å². The second-order valence-corrected chi connectivity index (χ2v) is 5.37. The first-order valence-electron chi connectivity index (χ1n) is 7.17. The van der Waals surface area contributed by atoms with E-state index in [0.29, 0.717) is 26.2 Å². The lowest BCUT2D eigenvalue weighted by atomic mass is 10.2. The maximum Gasteiger partial charge on any atom is 0.238 e. The van der Waals surface area contributed by atoms with E-state index in [1.54, 1.807) is 0 Å². The van der Waals surface area contributed by atoms with Crippen molar-refractivity contribution in [3.63, 3.8) is 0 Å². The van der Waals surface area contributed by atoms with Gasteiger partial charge >= 0.3 is 0 Å². The van der Waals surface area contributed by atoms with Crippen molar-refractivity contribution in [2.45, 2.75) is 25.6 Å². The van der Waals surface area contributed by atoms with Crippen LogP contribution in [0.25, 0.3) is 0 Å². The topological polar surface area (TPSA) is 87.8 Å². The van der Waals surface area contributed by atoms with Gasteiger partial charge < -0.3 is 20.9 Å². The number of nitrogens with two attached hydrogens (primary N) is 1. The van der Waals surface area contributed by atoms with E-state index in [2.05, 4.69) is 5.32 Å². The number of benzene rings is 1. The number of carbonyl (C=O) groups excluding carboxylic acids is 1. The molecule has 1 heterocycles. The van der Waals surface area contributed by atoms with Crippen LogP contribution >= 0.6 is 0 Å². The number of nitrogens with zero attached hydrogens (tertiary/aromatic N) is 1. The molecule has 4 N–H and O–H groups in total. The molecule has 0 bridgehead atoms. The zero-order chi connectivity index (χ0) is 15.2. The minimum absolute atomic E-state index is 0.0224. The van der Waals surface area contributed by atoms with Crippen LogP contribution in [0, 0.1) is 0 Å². The molecule has 2 rings (SSSR count). The number of ether oxygens (including phenoxy) is 1. The second-order valence-electron chi connectivity index (χ2n) is 5.37. The van der Waals surface area contributed by atoms with E-state index < -0.39 is 0 Å². The van der Waals surface area contributed by atoms with E-state index in [1.807, 2.05) is 36.1 Å². The molecule has 1 saturated heterocycles. The van der Waals surface area contributed by atoms with Gasteiger partial charge in [0.15, 0.2) is 0 Å². The Hall–Kier alpha value is -1.47. The van der Waals surface area contributed by atoms with Crippen LogP contribution in [0.2, 0.25) is 0 Å². The van der Waals surface area contributed by atoms with Gasteiger partial charge in [-0.1, -0.05) is 12.1 Å². The van der Waals surface area contributed by atoms with Crippen LogP contribution in [0.4, 0.5) is 5.69 Å². The van der Waals surface area contributed by atoms with Crippen LogP contribution in [0.15, 0.2) is 24.3 Å². The summed E-state index contributed by atoms with van der Waals surface area (Å²) in [7, 11) is 0. The maximum absolute atomic E-state index is 12.1. The molecule has 6 heteroatoms. The first-order chi connectivity index (χ1) is 10.1. The third-order valence-electron chi connectivity index (χ3n) is 3.66.